The third-order valence-electron chi connectivity index (χ3n) is 1.02. The minimum Gasteiger partial charge on any atom is -0.395 e. The van der Waals surface area contributed by atoms with Gasteiger partial charge in [0.25, 0.3) is 6.64 Å². The fraction of sp³-hybridized carbons (Fsp3) is 1.00. The van der Waals surface area contributed by atoms with E-state index in [1.165, 1.54) is 0 Å². The van der Waals surface area contributed by atoms with Crippen molar-refractivity contribution in [1.82, 2.24) is 5.09 Å². The molecule has 74 valence electrons. The second-order valence-electron chi connectivity index (χ2n) is 1.96. The minimum atomic E-state index is -2.31. The van der Waals surface area contributed by atoms with Crippen molar-refractivity contribution in [1.29, 1.82) is 0 Å². The molecule has 0 bridgehead atoms. The van der Waals surface area contributed by atoms with Crippen LogP contribution in [-0.2, 0) is 20.9 Å². The molecule has 0 aromatic heterocycles. The average Bonchev–Trinajstić information content (AvgIpc) is 2.02. The first kappa shape index (κ1) is 12.5. The third kappa shape index (κ3) is 5.19. The summed E-state index contributed by atoms with van der Waals surface area (Å²) < 4.78 is 10.5. The first-order chi connectivity index (χ1) is 5.68. The highest BCUT2D eigenvalue weighted by Gasteiger charge is 2.15. The van der Waals surface area contributed by atoms with Crippen molar-refractivity contribution < 1.29 is 14.2 Å². The van der Waals surface area contributed by atoms with E-state index in [1.807, 2.05) is 13.8 Å². The maximum absolute atomic E-state index is 8.56. The monoisotopic (exact) mass is 213 g/mol. The lowest BCUT2D eigenvalue weighted by molar-refractivity contribution is 0.249. The summed E-state index contributed by atoms with van der Waals surface area (Å²) >= 11 is 5.11. The summed E-state index contributed by atoms with van der Waals surface area (Å²) in [6.07, 6.45) is 0. The SMILES string of the molecule is CCOP(=S)(NCCO)OCC. The Morgan fingerprint density at radius 3 is 2.17 bits per heavy atom. The van der Waals surface area contributed by atoms with Crippen LogP contribution in [0.3, 0.4) is 0 Å². The molecule has 0 aliphatic rings. The van der Waals surface area contributed by atoms with E-state index < -0.39 is 6.64 Å². The van der Waals surface area contributed by atoms with Crippen molar-refractivity contribution in [3.63, 3.8) is 0 Å². The molecule has 0 radical (unpaired) electrons. The number of rotatable bonds is 7. The number of nitrogens with one attached hydrogen (secondary N) is 1. The lowest BCUT2D eigenvalue weighted by Crippen LogP contribution is -2.18. The van der Waals surface area contributed by atoms with Crippen molar-refractivity contribution in [3.05, 3.63) is 0 Å². The van der Waals surface area contributed by atoms with Crippen LogP contribution in [0.2, 0.25) is 0 Å². The molecule has 0 aliphatic heterocycles. The van der Waals surface area contributed by atoms with Gasteiger partial charge in [0.15, 0.2) is 0 Å². The van der Waals surface area contributed by atoms with Crippen LogP contribution in [0, 0.1) is 0 Å². The van der Waals surface area contributed by atoms with Crippen molar-refractivity contribution in [2.45, 2.75) is 13.8 Å². The molecule has 0 atom stereocenters. The Labute approximate surface area is 78.5 Å². The highest BCUT2D eigenvalue weighted by Crippen LogP contribution is 2.43. The van der Waals surface area contributed by atoms with Gasteiger partial charge in [0, 0.05) is 6.54 Å². The highest BCUT2D eigenvalue weighted by molar-refractivity contribution is 8.08. The molecule has 0 rings (SSSR count). The van der Waals surface area contributed by atoms with E-state index in [4.69, 9.17) is 26.0 Å². The second-order valence-corrected chi connectivity index (χ2v) is 5.23. The highest BCUT2D eigenvalue weighted by atomic mass is 32.5. The molecule has 0 spiro atoms. The summed E-state index contributed by atoms with van der Waals surface area (Å²) in [5.41, 5.74) is 0. The fourth-order valence-electron chi connectivity index (χ4n) is 0.655. The Bertz CT molecular complexity index is 146. The Morgan fingerprint density at radius 1 is 1.33 bits per heavy atom. The average molecular weight is 213 g/mol. The lowest BCUT2D eigenvalue weighted by Gasteiger charge is -2.21. The van der Waals surface area contributed by atoms with Gasteiger partial charge in [-0.05, 0) is 25.7 Å². The molecule has 0 fully saturated rings. The molecule has 0 aliphatic carbocycles. The predicted molar refractivity (Wildman–Crippen MR) is 52.6 cm³/mol. The zero-order valence-corrected chi connectivity index (χ0v) is 9.16. The summed E-state index contributed by atoms with van der Waals surface area (Å²) in [6, 6.07) is 0. The van der Waals surface area contributed by atoms with Crippen molar-refractivity contribution in [2.75, 3.05) is 26.4 Å². The Kier molecular flexibility index (Phi) is 7.23. The van der Waals surface area contributed by atoms with Crippen LogP contribution in [0.5, 0.6) is 0 Å². The molecule has 0 saturated carbocycles. The van der Waals surface area contributed by atoms with Crippen molar-refractivity contribution in [2.24, 2.45) is 0 Å². The van der Waals surface area contributed by atoms with E-state index in [0.29, 0.717) is 19.8 Å². The number of aliphatic hydroxyl groups excluding tert-OH is 1. The zero-order valence-electron chi connectivity index (χ0n) is 7.45. The summed E-state index contributed by atoms with van der Waals surface area (Å²) in [5.74, 6) is 0. The van der Waals surface area contributed by atoms with Gasteiger partial charge >= 0.3 is 0 Å². The van der Waals surface area contributed by atoms with E-state index in [9.17, 15) is 0 Å². The molecule has 0 amide bonds. The molecule has 0 aromatic carbocycles. The number of hydrogen-bond donors (Lipinski definition) is 2. The molecule has 12 heavy (non-hydrogen) atoms. The van der Waals surface area contributed by atoms with Crippen molar-refractivity contribution in [3.8, 4) is 0 Å². The smallest absolute Gasteiger partial charge is 0.261 e. The molecule has 0 unspecified atom stereocenters. The molecule has 2 N–H and O–H groups in total. The largest absolute Gasteiger partial charge is 0.395 e. The van der Waals surface area contributed by atoms with Gasteiger partial charge in [0.1, 0.15) is 0 Å². The Morgan fingerprint density at radius 2 is 1.83 bits per heavy atom. The van der Waals surface area contributed by atoms with Crippen LogP contribution in [0.4, 0.5) is 0 Å². The second kappa shape index (κ2) is 6.95. The third-order valence-corrected chi connectivity index (χ3v) is 3.84. The van der Waals surface area contributed by atoms with E-state index in [-0.39, 0.29) is 6.61 Å². The molecule has 4 nitrogen and oxygen atoms in total. The van der Waals surface area contributed by atoms with Gasteiger partial charge in [-0.25, -0.2) is 5.09 Å². The fourth-order valence-corrected chi connectivity index (χ4v) is 2.87. The van der Waals surface area contributed by atoms with Gasteiger partial charge in [-0.1, -0.05) is 0 Å². The van der Waals surface area contributed by atoms with Gasteiger partial charge in [-0.15, -0.1) is 0 Å². The molecule has 6 heteroatoms. The van der Waals surface area contributed by atoms with Gasteiger partial charge < -0.3 is 14.2 Å². The van der Waals surface area contributed by atoms with E-state index in [1.54, 1.807) is 0 Å². The maximum atomic E-state index is 8.56. The molecular formula is C6H16NO3PS. The predicted octanol–water partition coefficient (Wildman–Crippen LogP) is 0.866. The van der Waals surface area contributed by atoms with Crippen LogP contribution >= 0.6 is 6.64 Å². The Balaban J connectivity index is 3.90. The van der Waals surface area contributed by atoms with Crippen LogP contribution in [-0.4, -0.2) is 31.5 Å². The Hall–Kier alpha value is 0.490. The van der Waals surface area contributed by atoms with Gasteiger partial charge in [0.2, 0.25) is 0 Å². The summed E-state index contributed by atoms with van der Waals surface area (Å²) in [7, 11) is 0. The topological polar surface area (TPSA) is 50.7 Å². The van der Waals surface area contributed by atoms with Crippen LogP contribution in [0.25, 0.3) is 0 Å². The van der Waals surface area contributed by atoms with Gasteiger partial charge in [0.05, 0.1) is 19.8 Å². The standard InChI is InChI=1S/C6H16NO3PS/c1-3-9-11(12,10-4-2)7-5-6-8/h8H,3-6H2,1-2H3,(H,7,12). The zero-order chi connectivity index (χ0) is 9.45. The number of hydrogen-bond acceptors (Lipinski definition) is 4. The van der Waals surface area contributed by atoms with Crippen molar-refractivity contribution >= 4 is 18.4 Å². The summed E-state index contributed by atoms with van der Waals surface area (Å²) in [4.78, 5) is 0. The molecule has 0 saturated heterocycles. The molecule has 0 aromatic rings. The van der Waals surface area contributed by atoms with E-state index >= 15 is 0 Å². The normalized spacial score (nSPS) is 11.9. The van der Waals surface area contributed by atoms with Gasteiger partial charge in [-0.3, -0.25) is 0 Å². The van der Waals surface area contributed by atoms with Crippen LogP contribution < -0.4 is 5.09 Å². The first-order valence-electron chi connectivity index (χ1n) is 3.93. The summed E-state index contributed by atoms with van der Waals surface area (Å²) in [6.45, 7) is 2.91. The molecular weight excluding hydrogens is 197 g/mol. The summed E-state index contributed by atoms with van der Waals surface area (Å²) in [5, 5.41) is 11.4. The van der Waals surface area contributed by atoms with E-state index in [0.717, 1.165) is 0 Å². The van der Waals surface area contributed by atoms with Gasteiger partial charge in [-0.2, -0.15) is 0 Å². The number of aliphatic hydroxyl groups is 1. The van der Waals surface area contributed by atoms with Crippen LogP contribution in [0.15, 0.2) is 0 Å². The maximum Gasteiger partial charge on any atom is 0.261 e. The van der Waals surface area contributed by atoms with Crippen LogP contribution in [0.1, 0.15) is 13.8 Å². The first-order valence-corrected chi connectivity index (χ1v) is 6.57. The minimum absolute atomic E-state index is 0.0402. The van der Waals surface area contributed by atoms with E-state index in [2.05, 4.69) is 5.09 Å². The molecule has 0 heterocycles. The quantitative estimate of drug-likeness (QED) is 0.614. The lowest BCUT2D eigenvalue weighted by atomic mass is 10.8.